The average Bonchev–Trinajstić information content (AvgIpc) is 3.04. The summed E-state index contributed by atoms with van der Waals surface area (Å²) in [4.78, 5) is 0. The van der Waals surface area contributed by atoms with Crippen LogP contribution in [0, 0.1) is 0 Å². The molecule has 0 fully saturated rings. The van der Waals surface area contributed by atoms with E-state index in [1.165, 1.54) is 75.4 Å². The molecule has 9 aromatic carbocycles. The van der Waals surface area contributed by atoms with Crippen molar-refractivity contribution in [3.8, 4) is 0 Å². The zero-order valence-corrected chi connectivity index (χ0v) is 22.0. The Kier molecular flexibility index (Phi) is 5.24. The fraction of sp³-hybridized carbons (Fsp3) is 0. The highest BCUT2D eigenvalue weighted by Gasteiger charge is 2.06. The first-order chi connectivity index (χ1) is 19.8. The Balaban J connectivity index is 0.000000125. The van der Waals surface area contributed by atoms with Gasteiger partial charge in [-0.3, -0.25) is 0 Å². The third-order valence-electron chi connectivity index (χ3n) is 8.26. The molecule has 0 bridgehead atoms. The topological polar surface area (TPSA) is 0 Å². The lowest BCUT2D eigenvalue weighted by atomic mass is 9.95. The van der Waals surface area contributed by atoms with E-state index in [0.717, 1.165) is 0 Å². The molecule has 0 N–H and O–H groups in total. The summed E-state index contributed by atoms with van der Waals surface area (Å²) in [6.07, 6.45) is 0. The van der Waals surface area contributed by atoms with Crippen LogP contribution < -0.4 is 0 Å². The molecule has 9 aromatic rings. The molecule has 0 saturated carbocycles. The molecule has 0 aliphatic rings. The second-order valence-electron chi connectivity index (χ2n) is 10.5. The molecular weight excluding hydrogens is 480 g/mol. The number of fused-ring (bicyclic) bond motifs is 11. The van der Waals surface area contributed by atoms with E-state index in [-0.39, 0.29) is 0 Å². The smallest absolute Gasteiger partial charge is 0.00990 e. The van der Waals surface area contributed by atoms with Gasteiger partial charge in [0.15, 0.2) is 0 Å². The van der Waals surface area contributed by atoms with Crippen molar-refractivity contribution in [3.05, 3.63) is 158 Å². The Labute approximate surface area is 232 Å². The first kappa shape index (κ1) is 22.8. The van der Waals surface area contributed by atoms with Crippen LogP contribution in [0.2, 0.25) is 0 Å². The van der Waals surface area contributed by atoms with Gasteiger partial charge < -0.3 is 0 Å². The van der Waals surface area contributed by atoms with E-state index >= 15 is 0 Å². The molecular formula is C40H26. The summed E-state index contributed by atoms with van der Waals surface area (Å²) < 4.78 is 0. The predicted molar refractivity (Wildman–Crippen MR) is 175 cm³/mol. The van der Waals surface area contributed by atoms with Crippen molar-refractivity contribution in [2.24, 2.45) is 0 Å². The summed E-state index contributed by atoms with van der Waals surface area (Å²) in [5, 5.41) is 18.5. The maximum absolute atomic E-state index is 2.33. The molecule has 186 valence electrons. The summed E-state index contributed by atoms with van der Waals surface area (Å²) in [6.45, 7) is 0. The Bertz CT molecular complexity index is 2210. The molecule has 0 aromatic heterocycles. The molecule has 0 atom stereocenters. The number of benzene rings is 9. The van der Waals surface area contributed by atoms with Crippen LogP contribution in [0.4, 0.5) is 0 Å². The minimum Gasteiger partial charge on any atom is -0.0616 e. The average molecular weight is 507 g/mol. The van der Waals surface area contributed by atoms with Gasteiger partial charge in [0.2, 0.25) is 0 Å². The van der Waals surface area contributed by atoms with Gasteiger partial charge in [0, 0.05) is 0 Å². The maximum Gasteiger partial charge on any atom is -0.00990 e. The molecule has 0 heteroatoms. The minimum absolute atomic E-state index is 1.30. The van der Waals surface area contributed by atoms with Crippen LogP contribution in [0.1, 0.15) is 0 Å². The zero-order chi connectivity index (χ0) is 26.5. The monoisotopic (exact) mass is 506 g/mol. The van der Waals surface area contributed by atoms with E-state index in [1.807, 2.05) is 0 Å². The van der Waals surface area contributed by atoms with E-state index in [4.69, 9.17) is 0 Å². The molecule has 40 heavy (non-hydrogen) atoms. The largest absolute Gasteiger partial charge is 0.0616 e. The van der Waals surface area contributed by atoms with Gasteiger partial charge >= 0.3 is 0 Å². The van der Waals surface area contributed by atoms with E-state index < -0.39 is 0 Å². The van der Waals surface area contributed by atoms with Crippen molar-refractivity contribution in [1.82, 2.24) is 0 Å². The molecule has 0 heterocycles. The summed E-state index contributed by atoms with van der Waals surface area (Å²) in [7, 11) is 0. The lowest BCUT2D eigenvalue weighted by Crippen LogP contribution is -1.81. The van der Waals surface area contributed by atoms with Crippen molar-refractivity contribution in [1.29, 1.82) is 0 Å². The Hall–Kier alpha value is -5.20. The first-order valence-electron chi connectivity index (χ1n) is 13.9. The standard InChI is InChI=1S/C22H14.C18H12/c1-3-7-19-15(5-1)9-11-17-14-22-18(13-21(17)19)12-10-16-6-2-4-8-20(16)22;1-3-7-15-13(5-1)9-11-18-16-8-4-2-6-14(16)10-12-17(15)18/h1-14H;1-12H. The molecule has 0 unspecified atom stereocenters. The molecule has 0 spiro atoms. The summed E-state index contributed by atoms with van der Waals surface area (Å²) in [6, 6.07) is 56.8. The van der Waals surface area contributed by atoms with Gasteiger partial charge in [-0.15, -0.1) is 0 Å². The fourth-order valence-corrected chi connectivity index (χ4v) is 6.28. The van der Waals surface area contributed by atoms with Crippen molar-refractivity contribution >= 4 is 75.4 Å². The van der Waals surface area contributed by atoms with Crippen LogP contribution in [0.15, 0.2) is 158 Å². The zero-order valence-electron chi connectivity index (χ0n) is 22.0. The normalized spacial score (nSPS) is 11.5. The SMILES string of the molecule is c1ccc2c(c1)ccc1c3ccccc3ccc21.c1ccc2c(c1)ccc1cc3c(ccc4ccccc43)cc12. The number of hydrogen-bond donors (Lipinski definition) is 0. The lowest BCUT2D eigenvalue weighted by Gasteiger charge is -2.08. The van der Waals surface area contributed by atoms with Crippen molar-refractivity contribution in [2.45, 2.75) is 0 Å². The van der Waals surface area contributed by atoms with E-state index in [0.29, 0.717) is 0 Å². The lowest BCUT2D eigenvalue weighted by molar-refractivity contribution is 1.77. The molecule has 0 aliphatic carbocycles. The van der Waals surface area contributed by atoms with Crippen LogP contribution in [-0.4, -0.2) is 0 Å². The van der Waals surface area contributed by atoms with Crippen molar-refractivity contribution in [2.75, 3.05) is 0 Å². The predicted octanol–water partition coefficient (Wildman–Crippen LogP) is 11.4. The highest BCUT2D eigenvalue weighted by Crippen LogP contribution is 2.33. The second kappa shape index (κ2) is 9.22. The highest BCUT2D eigenvalue weighted by atomic mass is 14.1. The van der Waals surface area contributed by atoms with Crippen LogP contribution in [0.5, 0.6) is 0 Å². The molecule has 0 aliphatic heterocycles. The van der Waals surface area contributed by atoms with Gasteiger partial charge in [0.25, 0.3) is 0 Å². The molecule has 0 saturated heterocycles. The fourth-order valence-electron chi connectivity index (χ4n) is 6.28. The number of rotatable bonds is 0. The van der Waals surface area contributed by atoms with Gasteiger partial charge in [-0.2, -0.15) is 0 Å². The van der Waals surface area contributed by atoms with Crippen LogP contribution >= 0.6 is 0 Å². The molecule has 9 rings (SSSR count). The Morgan fingerprint density at radius 3 is 0.825 bits per heavy atom. The molecule has 0 nitrogen and oxygen atoms in total. The van der Waals surface area contributed by atoms with E-state index in [1.54, 1.807) is 0 Å². The summed E-state index contributed by atoms with van der Waals surface area (Å²) in [5.74, 6) is 0. The summed E-state index contributed by atoms with van der Waals surface area (Å²) >= 11 is 0. The Morgan fingerprint density at radius 1 is 0.175 bits per heavy atom. The highest BCUT2D eigenvalue weighted by molar-refractivity contribution is 6.18. The second-order valence-corrected chi connectivity index (χ2v) is 10.5. The third kappa shape index (κ3) is 3.69. The van der Waals surface area contributed by atoms with Gasteiger partial charge in [-0.05, 0) is 87.5 Å². The van der Waals surface area contributed by atoms with Crippen LogP contribution in [0.25, 0.3) is 75.4 Å². The van der Waals surface area contributed by atoms with Crippen LogP contribution in [-0.2, 0) is 0 Å². The van der Waals surface area contributed by atoms with Crippen LogP contribution in [0.3, 0.4) is 0 Å². The maximum atomic E-state index is 2.33. The molecule has 0 amide bonds. The third-order valence-corrected chi connectivity index (χ3v) is 8.26. The quantitative estimate of drug-likeness (QED) is 0.142. The van der Waals surface area contributed by atoms with E-state index in [9.17, 15) is 0 Å². The van der Waals surface area contributed by atoms with Gasteiger partial charge in [-0.25, -0.2) is 0 Å². The first-order valence-corrected chi connectivity index (χ1v) is 13.9. The Morgan fingerprint density at radius 2 is 0.450 bits per heavy atom. The van der Waals surface area contributed by atoms with Gasteiger partial charge in [-0.1, -0.05) is 146 Å². The minimum atomic E-state index is 1.30. The van der Waals surface area contributed by atoms with Crippen molar-refractivity contribution < 1.29 is 0 Å². The van der Waals surface area contributed by atoms with Gasteiger partial charge in [0.05, 0.1) is 0 Å². The van der Waals surface area contributed by atoms with E-state index in [2.05, 4.69) is 158 Å². The van der Waals surface area contributed by atoms with Gasteiger partial charge in [0.1, 0.15) is 0 Å². The number of hydrogen-bond acceptors (Lipinski definition) is 0. The van der Waals surface area contributed by atoms with Crippen molar-refractivity contribution in [3.63, 3.8) is 0 Å². The summed E-state index contributed by atoms with van der Waals surface area (Å²) in [5.41, 5.74) is 0. The molecule has 0 radical (unpaired) electrons.